The second-order valence-electron chi connectivity index (χ2n) is 3.18. The van der Waals surface area contributed by atoms with Gasteiger partial charge in [-0.05, 0) is 40.3 Å². The number of aromatic nitrogens is 2. The fraction of sp³-hybridized carbons (Fsp3) is 0.750. The third-order valence-corrected chi connectivity index (χ3v) is 4.72. The van der Waals surface area contributed by atoms with Crippen LogP contribution in [-0.4, -0.2) is 14.6 Å². The smallest absolute Gasteiger partial charge is 0.179 e. The van der Waals surface area contributed by atoms with E-state index in [1.807, 2.05) is 11.8 Å². The van der Waals surface area contributed by atoms with E-state index in [9.17, 15) is 0 Å². The molecule has 13 heavy (non-hydrogen) atoms. The Morgan fingerprint density at radius 3 is 2.85 bits per heavy atom. The van der Waals surface area contributed by atoms with Gasteiger partial charge in [-0.25, -0.2) is 4.98 Å². The van der Waals surface area contributed by atoms with Crippen molar-refractivity contribution >= 4 is 39.2 Å². The van der Waals surface area contributed by atoms with Gasteiger partial charge in [0.1, 0.15) is 0 Å². The van der Waals surface area contributed by atoms with E-state index in [1.165, 1.54) is 37.2 Å². The Bertz CT molecular complexity index is 271. The highest BCUT2D eigenvalue weighted by atomic mass is 79.9. The molecule has 0 bridgehead atoms. The average molecular weight is 279 g/mol. The van der Waals surface area contributed by atoms with Gasteiger partial charge in [0, 0.05) is 5.25 Å². The van der Waals surface area contributed by atoms with Crippen molar-refractivity contribution in [2.75, 3.05) is 0 Å². The second-order valence-corrected chi connectivity index (χ2v) is 6.50. The van der Waals surface area contributed by atoms with Gasteiger partial charge in [0.2, 0.25) is 0 Å². The zero-order chi connectivity index (χ0) is 9.10. The Morgan fingerprint density at radius 2 is 2.23 bits per heavy atom. The van der Waals surface area contributed by atoms with Crippen LogP contribution in [0.25, 0.3) is 0 Å². The Labute approximate surface area is 94.8 Å². The predicted molar refractivity (Wildman–Crippen MR) is 61.2 cm³/mol. The highest BCUT2D eigenvalue weighted by molar-refractivity contribution is 9.11. The first-order valence-electron chi connectivity index (χ1n) is 4.44. The molecule has 1 heterocycles. The Balaban J connectivity index is 1.78. The summed E-state index contributed by atoms with van der Waals surface area (Å²) in [4.78, 5) is 4.27. The van der Waals surface area contributed by atoms with Crippen molar-refractivity contribution in [2.24, 2.45) is 0 Å². The SMILES string of the molecule is Brc1nc(CSC2CCCC2)ns1. The van der Waals surface area contributed by atoms with Gasteiger partial charge in [-0.3, -0.25) is 0 Å². The molecule has 0 amide bonds. The molecule has 0 atom stereocenters. The third-order valence-electron chi connectivity index (χ3n) is 2.19. The lowest BCUT2D eigenvalue weighted by Crippen LogP contribution is -1.95. The molecule has 1 aromatic rings. The maximum atomic E-state index is 4.27. The zero-order valence-electron chi connectivity index (χ0n) is 7.20. The van der Waals surface area contributed by atoms with Crippen LogP contribution in [0.3, 0.4) is 0 Å². The summed E-state index contributed by atoms with van der Waals surface area (Å²) >= 11 is 6.76. The van der Waals surface area contributed by atoms with E-state index in [0.29, 0.717) is 0 Å². The molecule has 0 N–H and O–H groups in total. The van der Waals surface area contributed by atoms with Crippen LogP contribution >= 0.6 is 39.2 Å². The minimum Gasteiger partial charge on any atom is -0.212 e. The van der Waals surface area contributed by atoms with E-state index in [-0.39, 0.29) is 0 Å². The predicted octanol–water partition coefficient (Wildman–Crippen LogP) is 3.48. The summed E-state index contributed by atoms with van der Waals surface area (Å²) in [5.74, 6) is 1.96. The molecule has 1 fully saturated rings. The molecule has 0 aliphatic heterocycles. The fourth-order valence-corrected chi connectivity index (χ4v) is 3.66. The summed E-state index contributed by atoms with van der Waals surface area (Å²) in [6.45, 7) is 0. The van der Waals surface area contributed by atoms with Crippen LogP contribution in [0.5, 0.6) is 0 Å². The van der Waals surface area contributed by atoms with Crippen molar-refractivity contribution in [1.82, 2.24) is 9.36 Å². The molecule has 1 saturated carbocycles. The van der Waals surface area contributed by atoms with Gasteiger partial charge < -0.3 is 0 Å². The van der Waals surface area contributed by atoms with E-state index >= 15 is 0 Å². The maximum Gasteiger partial charge on any atom is 0.179 e. The second kappa shape index (κ2) is 4.75. The molecule has 2 nitrogen and oxygen atoms in total. The lowest BCUT2D eigenvalue weighted by Gasteiger charge is -2.05. The van der Waals surface area contributed by atoms with Crippen molar-refractivity contribution in [3.63, 3.8) is 0 Å². The Kier molecular flexibility index (Phi) is 3.63. The molecule has 0 radical (unpaired) electrons. The number of thioether (sulfide) groups is 1. The first-order valence-corrected chi connectivity index (χ1v) is 7.06. The van der Waals surface area contributed by atoms with E-state index in [0.717, 1.165) is 20.7 Å². The lowest BCUT2D eigenvalue weighted by molar-refractivity contribution is 0.886. The lowest BCUT2D eigenvalue weighted by atomic mass is 10.4. The summed E-state index contributed by atoms with van der Waals surface area (Å²) in [5, 5.41) is 0.863. The quantitative estimate of drug-likeness (QED) is 0.847. The molecule has 0 spiro atoms. The number of hydrogen-bond donors (Lipinski definition) is 0. The molecule has 0 aromatic carbocycles. The maximum absolute atomic E-state index is 4.27. The van der Waals surface area contributed by atoms with Gasteiger partial charge >= 0.3 is 0 Å². The summed E-state index contributed by atoms with van der Waals surface area (Å²) < 4.78 is 5.14. The average Bonchev–Trinajstić information content (AvgIpc) is 2.71. The van der Waals surface area contributed by atoms with Gasteiger partial charge in [0.25, 0.3) is 0 Å². The van der Waals surface area contributed by atoms with Gasteiger partial charge in [0.05, 0.1) is 5.75 Å². The van der Waals surface area contributed by atoms with Gasteiger partial charge in [-0.1, -0.05) is 12.8 Å². The van der Waals surface area contributed by atoms with Crippen LogP contribution in [0.1, 0.15) is 31.5 Å². The van der Waals surface area contributed by atoms with Crippen LogP contribution in [0.15, 0.2) is 3.92 Å². The van der Waals surface area contributed by atoms with Crippen molar-refractivity contribution in [1.29, 1.82) is 0 Å². The largest absolute Gasteiger partial charge is 0.212 e. The summed E-state index contributed by atoms with van der Waals surface area (Å²) in [7, 11) is 0. The number of nitrogens with zero attached hydrogens (tertiary/aromatic N) is 2. The van der Waals surface area contributed by atoms with Crippen LogP contribution in [-0.2, 0) is 5.75 Å². The molecule has 72 valence electrons. The molecular weight excluding hydrogens is 268 g/mol. The molecule has 0 saturated heterocycles. The van der Waals surface area contributed by atoms with Crippen molar-refractivity contribution in [3.8, 4) is 0 Å². The summed E-state index contributed by atoms with van der Waals surface area (Å²) in [6.07, 6.45) is 5.59. The van der Waals surface area contributed by atoms with Gasteiger partial charge in [0.15, 0.2) is 9.74 Å². The standard InChI is InChI=1S/C8H11BrN2S2/c9-8-10-7(11-13-8)5-12-6-3-1-2-4-6/h6H,1-5H2. The highest BCUT2D eigenvalue weighted by Gasteiger charge is 2.15. The van der Waals surface area contributed by atoms with Crippen molar-refractivity contribution in [3.05, 3.63) is 9.74 Å². The van der Waals surface area contributed by atoms with Gasteiger partial charge in [-0.15, -0.1) is 0 Å². The summed E-state index contributed by atoms with van der Waals surface area (Å²) in [6, 6.07) is 0. The van der Waals surface area contributed by atoms with E-state index in [1.54, 1.807) is 0 Å². The monoisotopic (exact) mass is 278 g/mol. The molecule has 2 rings (SSSR count). The molecule has 1 aromatic heterocycles. The van der Waals surface area contributed by atoms with Crippen molar-refractivity contribution < 1.29 is 0 Å². The number of rotatable bonds is 3. The summed E-state index contributed by atoms with van der Waals surface area (Å²) in [5.41, 5.74) is 0. The third kappa shape index (κ3) is 2.92. The van der Waals surface area contributed by atoms with E-state index < -0.39 is 0 Å². The molecule has 1 aliphatic rings. The first-order chi connectivity index (χ1) is 6.34. The topological polar surface area (TPSA) is 25.8 Å². The fourth-order valence-electron chi connectivity index (χ4n) is 1.54. The number of halogens is 1. The van der Waals surface area contributed by atoms with E-state index in [2.05, 4.69) is 25.3 Å². The van der Waals surface area contributed by atoms with Crippen LogP contribution in [0, 0.1) is 0 Å². The molecule has 5 heteroatoms. The molecule has 0 unspecified atom stereocenters. The van der Waals surface area contributed by atoms with Crippen LogP contribution in [0.4, 0.5) is 0 Å². The zero-order valence-corrected chi connectivity index (χ0v) is 10.4. The minimum absolute atomic E-state index is 0.863. The Morgan fingerprint density at radius 1 is 1.46 bits per heavy atom. The van der Waals surface area contributed by atoms with E-state index in [4.69, 9.17) is 0 Å². The highest BCUT2D eigenvalue weighted by Crippen LogP contribution is 2.31. The normalized spacial score (nSPS) is 18.2. The molecule has 1 aliphatic carbocycles. The first kappa shape index (κ1) is 9.93. The Hall–Kier alpha value is 0.390. The minimum atomic E-state index is 0.863. The number of hydrogen-bond acceptors (Lipinski definition) is 4. The van der Waals surface area contributed by atoms with Crippen molar-refractivity contribution in [2.45, 2.75) is 36.7 Å². The van der Waals surface area contributed by atoms with Crippen LogP contribution in [0.2, 0.25) is 0 Å². The van der Waals surface area contributed by atoms with Gasteiger partial charge in [-0.2, -0.15) is 16.1 Å². The van der Waals surface area contributed by atoms with Crippen LogP contribution < -0.4 is 0 Å². The molecular formula is C8H11BrN2S2.